The molecule has 0 aromatic carbocycles. The van der Waals surface area contributed by atoms with Gasteiger partial charge < -0.3 is 9.47 Å². The Balaban J connectivity index is 1.40. The molecule has 2 aliphatic heterocycles. The summed E-state index contributed by atoms with van der Waals surface area (Å²) in [7, 11) is 0. The highest BCUT2D eigenvalue weighted by Gasteiger charge is 2.72. The van der Waals surface area contributed by atoms with Crippen molar-refractivity contribution in [2.45, 2.75) is 50.7 Å². The lowest BCUT2D eigenvalue weighted by molar-refractivity contribution is -0.206. The Hall–Kier alpha value is -1.06. The van der Waals surface area contributed by atoms with Gasteiger partial charge in [0.1, 0.15) is 12.2 Å². The van der Waals surface area contributed by atoms with Gasteiger partial charge >= 0.3 is 11.9 Å². The molecule has 0 spiro atoms. The highest BCUT2D eigenvalue weighted by atomic mass is 16.6. The average Bonchev–Trinajstić information content (AvgIpc) is 3.27. The summed E-state index contributed by atoms with van der Waals surface area (Å²) in [5.41, 5.74) is 0. The second-order valence-electron chi connectivity index (χ2n) is 9.79. The molecule has 0 bridgehead atoms. The minimum absolute atomic E-state index is 0.0610. The lowest BCUT2D eigenvalue weighted by Crippen LogP contribution is -2.59. The van der Waals surface area contributed by atoms with Gasteiger partial charge in [-0.3, -0.25) is 9.59 Å². The number of fused-ring (bicyclic) bond motifs is 2. The lowest BCUT2D eigenvalue weighted by atomic mass is 9.54. The van der Waals surface area contributed by atoms with Gasteiger partial charge in [-0.15, -0.1) is 0 Å². The van der Waals surface area contributed by atoms with Gasteiger partial charge in [0.05, 0.1) is 11.8 Å². The van der Waals surface area contributed by atoms with Crippen LogP contribution in [0.1, 0.15) is 38.5 Å². The Bertz CT molecular complexity index is 602. The van der Waals surface area contributed by atoms with E-state index in [0.717, 1.165) is 24.7 Å². The van der Waals surface area contributed by atoms with Gasteiger partial charge in [-0.1, -0.05) is 0 Å². The third-order valence-corrected chi connectivity index (χ3v) is 9.46. The van der Waals surface area contributed by atoms with Gasteiger partial charge in [-0.25, -0.2) is 0 Å². The van der Waals surface area contributed by atoms with Crippen LogP contribution in [-0.2, 0) is 19.1 Å². The molecule has 7 rings (SSSR count). The number of rotatable bonds is 0. The SMILES string of the molecule is O=C1O[C@@H]2CC[C@@H]3C[C@@H]4[C@@H]5C[C@@H]6CC[C@@H]7OC(=O)[C@H]([C@@H]1[C@@H]4[C@@H]32)[C@@H]5[C@H]67. The lowest BCUT2D eigenvalue weighted by Gasteiger charge is -2.53. The molecule has 12 atom stereocenters. The van der Waals surface area contributed by atoms with E-state index in [1.807, 2.05) is 0 Å². The second kappa shape index (κ2) is 4.02. The van der Waals surface area contributed by atoms with Crippen LogP contribution in [0.4, 0.5) is 0 Å². The Morgan fingerprint density at radius 2 is 1.08 bits per heavy atom. The maximum absolute atomic E-state index is 12.9. The monoisotopic (exact) mass is 328 g/mol. The van der Waals surface area contributed by atoms with Crippen LogP contribution in [0.25, 0.3) is 0 Å². The number of hydrogen-bond donors (Lipinski definition) is 0. The van der Waals surface area contributed by atoms with E-state index in [0.29, 0.717) is 35.5 Å². The van der Waals surface area contributed by atoms with Crippen LogP contribution in [0.5, 0.6) is 0 Å². The highest BCUT2D eigenvalue weighted by Crippen LogP contribution is 2.71. The quantitative estimate of drug-likeness (QED) is 0.641. The summed E-state index contributed by atoms with van der Waals surface area (Å²) in [6, 6.07) is 0. The number of esters is 2. The molecule has 5 saturated carbocycles. The summed E-state index contributed by atoms with van der Waals surface area (Å²) in [6.45, 7) is 0. The summed E-state index contributed by atoms with van der Waals surface area (Å²) >= 11 is 0. The van der Waals surface area contributed by atoms with Crippen LogP contribution >= 0.6 is 0 Å². The molecule has 2 heterocycles. The van der Waals surface area contributed by atoms with E-state index in [4.69, 9.17) is 9.47 Å². The van der Waals surface area contributed by atoms with Crippen LogP contribution in [-0.4, -0.2) is 24.1 Å². The van der Waals surface area contributed by atoms with Gasteiger partial charge in [0, 0.05) is 11.8 Å². The van der Waals surface area contributed by atoms with Crippen molar-refractivity contribution in [3.63, 3.8) is 0 Å². The first-order chi connectivity index (χ1) is 11.7. The molecule has 0 aromatic rings. The number of ether oxygens (including phenoxy) is 2. The maximum Gasteiger partial charge on any atom is 0.310 e. The van der Waals surface area contributed by atoms with Crippen LogP contribution in [0.3, 0.4) is 0 Å². The maximum atomic E-state index is 12.9. The second-order valence-corrected chi connectivity index (χ2v) is 9.79. The van der Waals surface area contributed by atoms with Crippen molar-refractivity contribution in [1.82, 2.24) is 0 Å². The minimum atomic E-state index is -0.187. The molecule has 5 aliphatic carbocycles. The van der Waals surface area contributed by atoms with Crippen LogP contribution < -0.4 is 0 Å². The summed E-state index contributed by atoms with van der Waals surface area (Å²) in [5, 5.41) is 0. The van der Waals surface area contributed by atoms with Crippen molar-refractivity contribution < 1.29 is 19.1 Å². The van der Waals surface area contributed by atoms with Gasteiger partial charge in [-0.2, -0.15) is 0 Å². The summed E-state index contributed by atoms with van der Waals surface area (Å²) in [4.78, 5) is 25.8. The first-order valence-electron chi connectivity index (χ1n) is 10.1. The zero-order valence-electron chi connectivity index (χ0n) is 13.8. The Morgan fingerprint density at radius 3 is 1.54 bits per heavy atom. The average molecular weight is 328 g/mol. The number of carbonyl (C=O) groups excluding carboxylic acids is 2. The number of carbonyl (C=O) groups is 2. The van der Waals surface area contributed by atoms with E-state index in [2.05, 4.69) is 0 Å². The molecule has 2 saturated heterocycles. The van der Waals surface area contributed by atoms with Gasteiger partial charge in [-0.05, 0) is 74.0 Å². The molecule has 7 fully saturated rings. The normalized spacial score (nSPS) is 64.5. The molecule has 24 heavy (non-hydrogen) atoms. The molecule has 0 radical (unpaired) electrons. The standard InChI is InChI=1S/C20H24O4/c21-19-17-15-9(5-7-1-3-11(23-19)13(7)15)10-6-8-2-4-12-14(8)16(10)18(17)20(22)24-12/h7-18H,1-6H2/t7-,8+,9-,10+,11-,12+,13+,14-,15-,16-,17-,18-/m0/s1. The van der Waals surface area contributed by atoms with Gasteiger partial charge in [0.15, 0.2) is 0 Å². The van der Waals surface area contributed by atoms with Crippen molar-refractivity contribution in [3.8, 4) is 0 Å². The Kier molecular flexibility index (Phi) is 2.21. The van der Waals surface area contributed by atoms with E-state index < -0.39 is 0 Å². The molecule has 4 heteroatoms. The van der Waals surface area contributed by atoms with Crippen LogP contribution in [0.15, 0.2) is 0 Å². The summed E-state index contributed by atoms with van der Waals surface area (Å²) < 4.78 is 11.8. The molecule has 0 N–H and O–H groups in total. The minimum Gasteiger partial charge on any atom is -0.462 e. The van der Waals surface area contributed by atoms with E-state index >= 15 is 0 Å². The summed E-state index contributed by atoms with van der Waals surface area (Å²) in [5.74, 6) is 4.27. The van der Waals surface area contributed by atoms with E-state index in [1.165, 1.54) is 25.7 Å². The van der Waals surface area contributed by atoms with E-state index in [9.17, 15) is 9.59 Å². The van der Waals surface area contributed by atoms with Crippen molar-refractivity contribution >= 4 is 11.9 Å². The van der Waals surface area contributed by atoms with Crippen molar-refractivity contribution in [2.24, 2.45) is 59.2 Å². The molecule has 7 aliphatic rings. The predicted molar refractivity (Wildman–Crippen MR) is 82.4 cm³/mol. The van der Waals surface area contributed by atoms with Crippen LogP contribution in [0, 0.1) is 59.2 Å². The smallest absolute Gasteiger partial charge is 0.310 e. The largest absolute Gasteiger partial charge is 0.462 e. The molecule has 0 unspecified atom stereocenters. The zero-order valence-corrected chi connectivity index (χ0v) is 13.8. The Morgan fingerprint density at radius 1 is 0.625 bits per heavy atom. The molecule has 128 valence electrons. The van der Waals surface area contributed by atoms with Crippen LogP contribution in [0.2, 0.25) is 0 Å². The van der Waals surface area contributed by atoms with Crippen molar-refractivity contribution in [1.29, 1.82) is 0 Å². The molecular weight excluding hydrogens is 304 g/mol. The summed E-state index contributed by atoms with van der Waals surface area (Å²) in [6.07, 6.45) is 7.45. The van der Waals surface area contributed by atoms with Gasteiger partial charge in [0.25, 0.3) is 0 Å². The molecule has 0 aromatic heterocycles. The highest BCUT2D eigenvalue weighted by molar-refractivity contribution is 5.84. The molecular formula is C20H24O4. The Labute approximate surface area is 141 Å². The predicted octanol–water partition coefficient (Wildman–Crippen LogP) is 2.41. The fraction of sp³-hybridized carbons (Fsp3) is 0.900. The first-order valence-corrected chi connectivity index (χ1v) is 10.1. The topological polar surface area (TPSA) is 52.6 Å². The third kappa shape index (κ3) is 1.27. The van der Waals surface area contributed by atoms with Crippen molar-refractivity contribution in [2.75, 3.05) is 0 Å². The molecule has 4 nitrogen and oxygen atoms in total. The fourth-order valence-corrected chi connectivity index (χ4v) is 9.14. The van der Waals surface area contributed by atoms with E-state index in [1.54, 1.807) is 0 Å². The zero-order chi connectivity index (χ0) is 15.7. The van der Waals surface area contributed by atoms with Crippen molar-refractivity contribution in [3.05, 3.63) is 0 Å². The van der Waals surface area contributed by atoms with Gasteiger partial charge in [0.2, 0.25) is 0 Å². The van der Waals surface area contributed by atoms with E-state index in [-0.39, 0.29) is 36.0 Å². The number of hydrogen-bond acceptors (Lipinski definition) is 4. The first kappa shape index (κ1) is 13.2. The fourth-order valence-electron chi connectivity index (χ4n) is 9.14. The third-order valence-electron chi connectivity index (χ3n) is 9.46. The molecule has 0 amide bonds.